The third kappa shape index (κ3) is 6.95. The van der Waals surface area contributed by atoms with Crippen LogP contribution in [0.2, 0.25) is 0 Å². The highest BCUT2D eigenvalue weighted by Gasteiger charge is 2.29. The van der Waals surface area contributed by atoms with Crippen LogP contribution in [0.5, 0.6) is 5.75 Å². The van der Waals surface area contributed by atoms with Crippen molar-refractivity contribution in [3.63, 3.8) is 0 Å². The topological polar surface area (TPSA) is 71.1 Å². The molecule has 2 amide bonds. The van der Waals surface area contributed by atoms with Crippen LogP contribution >= 0.6 is 0 Å². The quantitative estimate of drug-likeness (QED) is 0.685. The molecule has 0 saturated heterocycles. The fourth-order valence-corrected chi connectivity index (χ4v) is 5.13. The number of carbonyl (C=O) groups is 2. The lowest BCUT2D eigenvalue weighted by atomic mass is 9.88. The lowest BCUT2D eigenvalue weighted by Crippen LogP contribution is -2.48. The summed E-state index contributed by atoms with van der Waals surface area (Å²) in [6.07, 6.45) is 6.94. The van der Waals surface area contributed by atoms with Gasteiger partial charge in [0.2, 0.25) is 5.91 Å². The van der Waals surface area contributed by atoms with E-state index >= 15 is 0 Å². The fourth-order valence-electron chi connectivity index (χ4n) is 5.13. The van der Waals surface area contributed by atoms with E-state index in [1.165, 1.54) is 32.1 Å². The number of hydrogen-bond acceptors (Lipinski definition) is 5. The zero-order valence-electron chi connectivity index (χ0n) is 21.6. The van der Waals surface area contributed by atoms with Crippen LogP contribution in [-0.2, 0) is 9.53 Å². The number of fused-ring (bicyclic) bond motifs is 1. The number of ether oxygens (including phenoxy) is 2. The van der Waals surface area contributed by atoms with Crippen molar-refractivity contribution in [1.82, 2.24) is 9.80 Å². The van der Waals surface area contributed by atoms with E-state index in [0.29, 0.717) is 36.6 Å². The third-order valence-corrected chi connectivity index (χ3v) is 7.40. The number of amides is 2. The Kier molecular flexibility index (Phi) is 9.77. The maximum absolute atomic E-state index is 13.3. The van der Waals surface area contributed by atoms with E-state index in [4.69, 9.17) is 9.47 Å². The van der Waals surface area contributed by atoms with Gasteiger partial charge in [-0.15, -0.1) is 0 Å². The van der Waals surface area contributed by atoms with E-state index in [9.17, 15) is 9.59 Å². The lowest BCUT2D eigenvalue weighted by molar-refractivity contribution is -0.115. The molecular weight excluding hydrogens is 430 g/mol. The Balaban J connectivity index is 1.89. The van der Waals surface area contributed by atoms with Crippen LogP contribution in [0.25, 0.3) is 0 Å². The van der Waals surface area contributed by atoms with Gasteiger partial charge in [-0.2, -0.15) is 0 Å². The van der Waals surface area contributed by atoms with Gasteiger partial charge >= 0.3 is 0 Å². The minimum atomic E-state index is -0.107. The van der Waals surface area contributed by atoms with E-state index in [0.717, 1.165) is 19.0 Å². The summed E-state index contributed by atoms with van der Waals surface area (Å²) >= 11 is 0. The van der Waals surface area contributed by atoms with Crippen LogP contribution in [0.1, 0.15) is 69.7 Å². The molecule has 1 aromatic carbocycles. The van der Waals surface area contributed by atoms with Crippen LogP contribution in [0.15, 0.2) is 18.2 Å². The van der Waals surface area contributed by atoms with Crippen LogP contribution in [0, 0.1) is 11.8 Å². The van der Waals surface area contributed by atoms with Crippen molar-refractivity contribution in [2.75, 3.05) is 45.7 Å². The first-order valence-electron chi connectivity index (χ1n) is 12.9. The first-order valence-corrected chi connectivity index (χ1v) is 12.9. The van der Waals surface area contributed by atoms with Gasteiger partial charge in [-0.25, -0.2) is 0 Å². The molecule has 0 aromatic heterocycles. The second-order valence-corrected chi connectivity index (χ2v) is 10.2. The van der Waals surface area contributed by atoms with Crippen LogP contribution in [-0.4, -0.2) is 74.2 Å². The number of rotatable bonds is 5. The Morgan fingerprint density at radius 3 is 2.59 bits per heavy atom. The number of benzene rings is 1. The predicted molar refractivity (Wildman–Crippen MR) is 135 cm³/mol. The van der Waals surface area contributed by atoms with Crippen molar-refractivity contribution in [2.24, 2.45) is 11.8 Å². The van der Waals surface area contributed by atoms with Gasteiger partial charge in [0.15, 0.2) is 0 Å². The highest BCUT2D eigenvalue weighted by Crippen LogP contribution is 2.29. The molecule has 0 spiro atoms. The molecule has 1 aliphatic heterocycles. The van der Waals surface area contributed by atoms with Crippen LogP contribution in [0.4, 0.5) is 5.69 Å². The van der Waals surface area contributed by atoms with Crippen LogP contribution in [0.3, 0.4) is 0 Å². The Labute approximate surface area is 205 Å². The Bertz CT molecular complexity index is 824. The molecule has 0 radical (unpaired) electrons. The molecule has 1 heterocycles. The number of anilines is 1. The lowest BCUT2D eigenvalue weighted by Gasteiger charge is -2.38. The molecule has 2 aliphatic rings. The first kappa shape index (κ1) is 26.5. The summed E-state index contributed by atoms with van der Waals surface area (Å²) in [6, 6.07) is 5.48. The largest absolute Gasteiger partial charge is 0.491 e. The second-order valence-electron chi connectivity index (χ2n) is 10.2. The molecular formula is C27H43N3O4. The maximum Gasteiger partial charge on any atom is 0.257 e. The van der Waals surface area contributed by atoms with E-state index in [1.54, 1.807) is 30.2 Å². The summed E-state index contributed by atoms with van der Waals surface area (Å²) in [5.74, 6) is 1.34. The molecule has 1 saturated carbocycles. The summed E-state index contributed by atoms with van der Waals surface area (Å²) in [7, 11) is 3.55. The molecule has 7 nitrogen and oxygen atoms in total. The molecule has 0 unspecified atom stereocenters. The second kappa shape index (κ2) is 12.5. The van der Waals surface area contributed by atoms with Crippen molar-refractivity contribution < 1.29 is 19.1 Å². The highest BCUT2D eigenvalue weighted by molar-refractivity contribution is 5.98. The molecule has 190 valence electrons. The number of methoxy groups -OCH3 is 1. The number of likely N-dealkylation sites (N-methyl/N-ethyl adjacent to an activating group) is 1. The fraction of sp³-hybridized carbons (Fsp3) is 0.704. The average molecular weight is 474 g/mol. The van der Waals surface area contributed by atoms with Crippen LogP contribution < -0.4 is 10.1 Å². The average Bonchev–Trinajstić information content (AvgIpc) is 2.84. The minimum Gasteiger partial charge on any atom is -0.491 e. The van der Waals surface area contributed by atoms with Crippen molar-refractivity contribution in [3.05, 3.63) is 23.8 Å². The predicted octanol–water partition coefficient (Wildman–Crippen LogP) is 4.42. The summed E-state index contributed by atoms with van der Waals surface area (Å²) in [6.45, 7) is 9.20. The SMILES string of the molecule is CCC(=O)Nc1ccc2c(c1)OC[C@@H](C)N(CC1CCCCC1)C[C@@H](C)[C@H](OC)CN(C)C2=O. The Hall–Kier alpha value is -2.12. The molecule has 1 N–H and O–H groups in total. The van der Waals surface area contributed by atoms with Crippen molar-refractivity contribution >= 4 is 17.5 Å². The van der Waals surface area contributed by atoms with Gasteiger partial charge in [0.25, 0.3) is 5.91 Å². The van der Waals surface area contributed by atoms with Gasteiger partial charge in [0, 0.05) is 58.0 Å². The minimum absolute atomic E-state index is 0.0538. The summed E-state index contributed by atoms with van der Waals surface area (Å²) in [5, 5.41) is 2.88. The number of hydrogen-bond donors (Lipinski definition) is 1. The monoisotopic (exact) mass is 473 g/mol. The molecule has 1 aliphatic carbocycles. The van der Waals surface area contributed by atoms with Gasteiger partial charge < -0.3 is 19.7 Å². The Morgan fingerprint density at radius 2 is 1.91 bits per heavy atom. The van der Waals surface area contributed by atoms with Gasteiger partial charge in [-0.05, 0) is 43.7 Å². The van der Waals surface area contributed by atoms with Crippen molar-refractivity contribution in [1.29, 1.82) is 0 Å². The van der Waals surface area contributed by atoms with Crippen molar-refractivity contribution in [2.45, 2.75) is 71.4 Å². The summed E-state index contributed by atoms with van der Waals surface area (Å²) in [5.41, 5.74) is 1.15. The standard InChI is InChI=1S/C27H43N3O4/c1-6-26(31)28-22-12-13-23-24(14-22)34-18-20(3)30(16-21-10-8-7-9-11-21)15-19(2)25(33-5)17-29(4)27(23)32/h12-14,19-21,25H,6-11,15-18H2,1-5H3,(H,28,31)/t19-,20-,25-/m1/s1. The Morgan fingerprint density at radius 1 is 1.18 bits per heavy atom. The van der Waals surface area contributed by atoms with Gasteiger partial charge in [-0.3, -0.25) is 14.5 Å². The molecule has 34 heavy (non-hydrogen) atoms. The highest BCUT2D eigenvalue weighted by atomic mass is 16.5. The van der Waals surface area contributed by atoms with E-state index in [-0.39, 0.29) is 29.9 Å². The summed E-state index contributed by atoms with van der Waals surface area (Å²) < 4.78 is 12.1. The van der Waals surface area contributed by atoms with E-state index in [1.807, 2.05) is 14.0 Å². The molecule has 1 fully saturated rings. The number of nitrogens with one attached hydrogen (secondary N) is 1. The maximum atomic E-state index is 13.3. The van der Waals surface area contributed by atoms with E-state index in [2.05, 4.69) is 24.1 Å². The van der Waals surface area contributed by atoms with Gasteiger partial charge in [0.05, 0.1) is 11.7 Å². The normalized spacial score (nSPS) is 25.6. The molecule has 3 atom stereocenters. The molecule has 3 rings (SSSR count). The number of nitrogens with zero attached hydrogens (tertiary/aromatic N) is 2. The number of carbonyl (C=O) groups excluding carboxylic acids is 2. The first-order chi connectivity index (χ1) is 16.3. The van der Waals surface area contributed by atoms with E-state index < -0.39 is 0 Å². The van der Waals surface area contributed by atoms with Crippen molar-refractivity contribution in [3.8, 4) is 5.75 Å². The summed E-state index contributed by atoms with van der Waals surface area (Å²) in [4.78, 5) is 29.5. The zero-order valence-corrected chi connectivity index (χ0v) is 21.6. The molecule has 7 heteroatoms. The molecule has 0 bridgehead atoms. The van der Waals surface area contributed by atoms with Gasteiger partial charge in [0.1, 0.15) is 12.4 Å². The smallest absolute Gasteiger partial charge is 0.257 e. The molecule has 1 aromatic rings. The zero-order chi connectivity index (χ0) is 24.7. The van der Waals surface area contributed by atoms with Gasteiger partial charge in [-0.1, -0.05) is 33.1 Å². The third-order valence-electron chi connectivity index (χ3n) is 7.40.